The smallest absolute Gasteiger partial charge is 0.325 e. The van der Waals surface area contributed by atoms with Crippen LogP contribution in [0.2, 0.25) is 0 Å². The van der Waals surface area contributed by atoms with Gasteiger partial charge in [-0.05, 0) is 40.5 Å². The maximum atomic E-state index is 11.9. The molecule has 21 heavy (non-hydrogen) atoms. The lowest BCUT2D eigenvalue weighted by molar-refractivity contribution is -0.149. The highest BCUT2D eigenvalue weighted by molar-refractivity contribution is 5.80. The molecule has 0 radical (unpaired) electrons. The van der Waals surface area contributed by atoms with E-state index < -0.39 is 5.54 Å². The van der Waals surface area contributed by atoms with E-state index in [2.05, 4.69) is 19.2 Å². The summed E-state index contributed by atoms with van der Waals surface area (Å²) in [5, 5.41) is 3.29. The third kappa shape index (κ3) is 9.10. The number of methoxy groups -OCH3 is 1. The molecule has 0 aliphatic rings. The quantitative estimate of drug-likeness (QED) is 0.441. The van der Waals surface area contributed by atoms with Gasteiger partial charge in [-0.25, -0.2) is 0 Å². The Labute approximate surface area is 131 Å². The van der Waals surface area contributed by atoms with E-state index in [4.69, 9.17) is 9.47 Å². The maximum Gasteiger partial charge on any atom is 0.325 e. The monoisotopic (exact) mass is 301 g/mol. The third-order valence-electron chi connectivity index (χ3n) is 3.71. The molecular weight excluding hydrogens is 266 g/mol. The number of esters is 1. The number of carbonyl (C=O) groups is 1. The first-order valence-corrected chi connectivity index (χ1v) is 8.33. The summed E-state index contributed by atoms with van der Waals surface area (Å²) in [5.74, 6) is -0.226. The van der Waals surface area contributed by atoms with Crippen LogP contribution in [0.15, 0.2) is 0 Å². The first kappa shape index (κ1) is 20.4. The van der Waals surface area contributed by atoms with Crippen LogP contribution in [0, 0.1) is 0 Å². The van der Waals surface area contributed by atoms with Gasteiger partial charge in [0.25, 0.3) is 0 Å². The van der Waals surface area contributed by atoms with Crippen LogP contribution in [-0.4, -0.2) is 37.4 Å². The molecule has 1 N–H and O–H groups in total. The molecule has 0 aromatic carbocycles. The molecule has 0 fully saturated rings. The SMILES string of the molecule is CCCCCCC(C)OCCC(C)(NC(C)C)C(=O)OC. The predicted octanol–water partition coefficient (Wildman–Crippen LogP) is 3.68. The van der Waals surface area contributed by atoms with Crippen LogP contribution in [0.5, 0.6) is 0 Å². The highest BCUT2D eigenvalue weighted by Crippen LogP contribution is 2.15. The summed E-state index contributed by atoms with van der Waals surface area (Å²) < 4.78 is 10.8. The fourth-order valence-electron chi connectivity index (χ4n) is 2.50. The highest BCUT2D eigenvalue weighted by atomic mass is 16.5. The molecule has 0 amide bonds. The van der Waals surface area contributed by atoms with Crippen LogP contribution in [0.25, 0.3) is 0 Å². The third-order valence-corrected chi connectivity index (χ3v) is 3.71. The predicted molar refractivity (Wildman–Crippen MR) is 87.5 cm³/mol. The first-order valence-electron chi connectivity index (χ1n) is 8.33. The molecule has 4 nitrogen and oxygen atoms in total. The van der Waals surface area contributed by atoms with Gasteiger partial charge in [-0.3, -0.25) is 10.1 Å². The lowest BCUT2D eigenvalue weighted by atomic mass is 9.97. The molecule has 0 aliphatic carbocycles. The Hall–Kier alpha value is -0.610. The van der Waals surface area contributed by atoms with Crippen molar-refractivity contribution in [2.24, 2.45) is 0 Å². The number of carbonyl (C=O) groups excluding carboxylic acids is 1. The van der Waals surface area contributed by atoms with Gasteiger partial charge in [-0.2, -0.15) is 0 Å². The minimum Gasteiger partial charge on any atom is -0.468 e. The standard InChI is InChI=1S/C17H35NO3/c1-7-8-9-10-11-15(4)21-13-12-17(5,16(19)20-6)18-14(2)3/h14-15,18H,7-13H2,1-6H3. The number of unbranched alkanes of at least 4 members (excludes halogenated alkanes) is 3. The minimum absolute atomic E-state index is 0.223. The molecule has 0 aliphatic heterocycles. The van der Waals surface area contributed by atoms with Crippen LogP contribution in [0.3, 0.4) is 0 Å². The van der Waals surface area contributed by atoms with Crippen LogP contribution < -0.4 is 5.32 Å². The Morgan fingerprint density at radius 3 is 2.38 bits per heavy atom. The molecule has 0 spiro atoms. The van der Waals surface area contributed by atoms with Gasteiger partial charge in [0, 0.05) is 12.6 Å². The first-order chi connectivity index (χ1) is 9.85. The average molecular weight is 301 g/mol. The zero-order valence-corrected chi connectivity index (χ0v) is 14.8. The zero-order chi connectivity index (χ0) is 16.3. The number of rotatable bonds is 12. The van der Waals surface area contributed by atoms with E-state index >= 15 is 0 Å². The summed E-state index contributed by atoms with van der Waals surface area (Å²) in [5.41, 5.74) is -0.676. The van der Waals surface area contributed by atoms with Gasteiger partial charge in [0.15, 0.2) is 0 Å². The van der Waals surface area contributed by atoms with Crippen molar-refractivity contribution in [1.29, 1.82) is 0 Å². The number of hydrogen-bond acceptors (Lipinski definition) is 4. The molecule has 126 valence electrons. The van der Waals surface area contributed by atoms with E-state index in [1.807, 2.05) is 20.8 Å². The summed E-state index contributed by atoms with van der Waals surface area (Å²) >= 11 is 0. The van der Waals surface area contributed by atoms with Crippen molar-refractivity contribution in [2.45, 2.75) is 90.8 Å². The van der Waals surface area contributed by atoms with Crippen molar-refractivity contribution in [3.63, 3.8) is 0 Å². The Bertz CT molecular complexity index is 281. The Balaban J connectivity index is 4.10. The van der Waals surface area contributed by atoms with Crippen LogP contribution >= 0.6 is 0 Å². The zero-order valence-electron chi connectivity index (χ0n) is 14.8. The molecule has 0 saturated heterocycles. The van der Waals surface area contributed by atoms with E-state index in [1.165, 1.54) is 32.8 Å². The summed E-state index contributed by atoms with van der Waals surface area (Å²) in [7, 11) is 1.43. The molecule has 0 aromatic rings. The molecule has 0 rings (SSSR count). The minimum atomic E-state index is -0.676. The molecule has 2 unspecified atom stereocenters. The van der Waals surface area contributed by atoms with Gasteiger partial charge >= 0.3 is 5.97 Å². The second-order valence-corrected chi connectivity index (χ2v) is 6.40. The van der Waals surface area contributed by atoms with Gasteiger partial charge < -0.3 is 9.47 Å². The largest absolute Gasteiger partial charge is 0.468 e. The van der Waals surface area contributed by atoms with Gasteiger partial charge in [0.05, 0.1) is 13.2 Å². The summed E-state index contributed by atoms with van der Waals surface area (Å²) in [6.07, 6.45) is 7.01. The van der Waals surface area contributed by atoms with E-state index in [1.54, 1.807) is 0 Å². The van der Waals surface area contributed by atoms with E-state index in [0.717, 1.165) is 6.42 Å². The summed E-state index contributed by atoms with van der Waals surface area (Å²) in [6, 6.07) is 0.223. The summed E-state index contributed by atoms with van der Waals surface area (Å²) in [4.78, 5) is 11.9. The number of ether oxygens (including phenoxy) is 2. The van der Waals surface area contributed by atoms with Crippen molar-refractivity contribution < 1.29 is 14.3 Å². The van der Waals surface area contributed by atoms with Crippen molar-refractivity contribution in [3.8, 4) is 0 Å². The molecule has 2 atom stereocenters. The molecule has 0 bridgehead atoms. The fourth-order valence-corrected chi connectivity index (χ4v) is 2.50. The van der Waals surface area contributed by atoms with E-state index in [-0.39, 0.29) is 18.1 Å². The van der Waals surface area contributed by atoms with E-state index in [0.29, 0.717) is 13.0 Å². The second-order valence-electron chi connectivity index (χ2n) is 6.40. The average Bonchev–Trinajstić information content (AvgIpc) is 2.41. The Morgan fingerprint density at radius 2 is 1.86 bits per heavy atom. The number of hydrogen-bond donors (Lipinski definition) is 1. The Kier molecular flexibility index (Phi) is 10.7. The van der Waals surface area contributed by atoms with Crippen molar-refractivity contribution in [1.82, 2.24) is 5.32 Å². The highest BCUT2D eigenvalue weighted by Gasteiger charge is 2.34. The molecule has 0 aromatic heterocycles. The van der Waals surface area contributed by atoms with Crippen LogP contribution in [0.4, 0.5) is 0 Å². The van der Waals surface area contributed by atoms with Crippen molar-refractivity contribution in [3.05, 3.63) is 0 Å². The Morgan fingerprint density at radius 1 is 1.19 bits per heavy atom. The maximum absolute atomic E-state index is 11.9. The van der Waals surface area contributed by atoms with Gasteiger partial charge in [-0.1, -0.05) is 32.6 Å². The normalized spacial score (nSPS) is 15.8. The molecule has 4 heteroatoms. The molecular formula is C17H35NO3. The van der Waals surface area contributed by atoms with Crippen molar-refractivity contribution >= 4 is 5.97 Å². The van der Waals surface area contributed by atoms with E-state index in [9.17, 15) is 4.79 Å². The van der Waals surface area contributed by atoms with Gasteiger partial charge in [-0.15, -0.1) is 0 Å². The topological polar surface area (TPSA) is 47.6 Å². The fraction of sp³-hybridized carbons (Fsp3) is 0.941. The number of nitrogens with one attached hydrogen (secondary N) is 1. The lowest BCUT2D eigenvalue weighted by Gasteiger charge is -2.30. The van der Waals surface area contributed by atoms with Gasteiger partial charge in [0.1, 0.15) is 5.54 Å². The van der Waals surface area contributed by atoms with Crippen molar-refractivity contribution in [2.75, 3.05) is 13.7 Å². The lowest BCUT2D eigenvalue weighted by Crippen LogP contribution is -2.53. The van der Waals surface area contributed by atoms with Gasteiger partial charge in [0.2, 0.25) is 0 Å². The second kappa shape index (κ2) is 11.0. The van der Waals surface area contributed by atoms with Crippen LogP contribution in [-0.2, 0) is 14.3 Å². The summed E-state index contributed by atoms with van der Waals surface area (Å²) in [6.45, 7) is 10.8. The molecule has 0 heterocycles. The molecule has 0 saturated carbocycles. The van der Waals surface area contributed by atoms with Crippen LogP contribution in [0.1, 0.15) is 73.1 Å².